The summed E-state index contributed by atoms with van der Waals surface area (Å²) >= 11 is 6.21. The fourth-order valence-electron chi connectivity index (χ4n) is 3.91. The lowest BCUT2D eigenvalue weighted by molar-refractivity contribution is -0.140. The maximum atomic E-state index is 13.0. The Morgan fingerprint density at radius 1 is 1.16 bits per heavy atom. The maximum absolute atomic E-state index is 13.0. The van der Waals surface area contributed by atoms with Crippen LogP contribution in [0.4, 0.5) is 0 Å². The smallest absolute Gasteiger partial charge is 0.295 e. The lowest BCUT2D eigenvalue weighted by Gasteiger charge is -2.28. The number of carbonyl (C=O) groups excluding carboxylic acids is 2. The lowest BCUT2D eigenvalue weighted by Crippen LogP contribution is -2.38. The monoisotopic (exact) mass is 458 g/mol. The Balaban J connectivity index is 2.12. The van der Waals surface area contributed by atoms with Crippen LogP contribution in [0.5, 0.6) is 11.5 Å². The first kappa shape index (κ1) is 23.6. The number of aromatic hydroxyl groups is 1. The third-order valence-electron chi connectivity index (χ3n) is 5.70. The second-order valence-corrected chi connectivity index (χ2v) is 7.87. The van der Waals surface area contributed by atoms with E-state index < -0.39 is 17.7 Å². The van der Waals surface area contributed by atoms with Crippen LogP contribution in [0.1, 0.15) is 31.0 Å². The first-order valence-corrected chi connectivity index (χ1v) is 10.8. The third kappa shape index (κ3) is 4.59. The average Bonchev–Trinajstić information content (AvgIpc) is 3.04. The highest BCUT2D eigenvalue weighted by atomic mass is 35.5. The Labute approximate surface area is 192 Å². The van der Waals surface area contributed by atoms with Gasteiger partial charge in [-0.15, -0.1) is 0 Å². The molecule has 1 fully saturated rings. The van der Waals surface area contributed by atoms with Crippen molar-refractivity contribution in [2.45, 2.75) is 19.9 Å². The van der Waals surface area contributed by atoms with E-state index in [4.69, 9.17) is 16.3 Å². The molecule has 1 aliphatic heterocycles. The molecular weight excluding hydrogens is 432 g/mol. The van der Waals surface area contributed by atoms with Crippen LogP contribution < -0.4 is 4.74 Å². The van der Waals surface area contributed by atoms with E-state index in [9.17, 15) is 19.8 Å². The van der Waals surface area contributed by atoms with E-state index in [-0.39, 0.29) is 22.1 Å². The van der Waals surface area contributed by atoms with Crippen LogP contribution in [0.25, 0.3) is 5.76 Å². The number of nitrogens with zero attached hydrogens (tertiary/aromatic N) is 2. The highest BCUT2D eigenvalue weighted by molar-refractivity contribution is 6.46. The number of hydrogen-bond donors (Lipinski definition) is 2. The molecule has 0 aliphatic carbocycles. The van der Waals surface area contributed by atoms with Crippen LogP contribution >= 0.6 is 11.6 Å². The number of likely N-dealkylation sites (N-methyl/N-ethyl adjacent to an activating group) is 1. The lowest BCUT2D eigenvalue weighted by atomic mass is 9.95. The molecule has 1 heterocycles. The van der Waals surface area contributed by atoms with Gasteiger partial charge in [0.2, 0.25) is 0 Å². The molecule has 0 aromatic heterocycles. The Morgan fingerprint density at radius 2 is 1.88 bits per heavy atom. The highest BCUT2D eigenvalue weighted by Gasteiger charge is 2.46. The molecule has 7 nitrogen and oxygen atoms in total. The van der Waals surface area contributed by atoms with Gasteiger partial charge in [-0.1, -0.05) is 37.6 Å². The number of phenolic OH excluding ortho intramolecular Hbond substituents is 1. The topological polar surface area (TPSA) is 90.3 Å². The van der Waals surface area contributed by atoms with Crippen molar-refractivity contribution in [3.63, 3.8) is 0 Å². The molecule has 32 heavy (non-hydrogen) atoms. The van der Waals surface area contributed by atoms with Gasteiger partial charge in [-0.2, -0.15) is 0 Å². The van der Waals surface area contributed by atoms with E-state index in [1.54, 1.807) is 24.3 Å². The number of hydrogen-bond acceptors (Lipinski definition) is 6. The van der Waals surface area contributed by atoms with Gasteiger partial charge in [0.05, 0.1) is 23.7 Å². The number of ether oxygens (including phenoxy) is 1. The molecule has 0 spiro atoms. The Hall–Kier alpha value is -3.03. The molecule has 2 aromatic rings. The van der Waals surface area contributed by atoms with Crippen LogP contribution in [0.3, 0.4) is 0 Å². The molecule has 1 atom stereocenters. The zero-order chi connectivity index (χ0) is 23.4. The van der Waals surface area contributed by atoms with Crippen molar-refractivity contribution < 1.29 is 24.5 Å². The first-order chi connectivity index (χ1) is 15.3. The molecule has 1 aliphatic rings. The van der Waals surface area contributed by atoms with Gasteiger partial charge in [0.1, 0.15) is 17.3 Å². The van der Waals surface area contributed by atoms with Gasteiger partial charge in [-0.05, 0) is 49.0 Å². The van der Waals surface area contributed by atoms with Crippen molar-refractivity contribution in [1.82, 2.24) is 9.80 Å². The van der Waals surface area contributed by atoms with Crippen molar-refractivity contribution >= 4 is 29.1 Å². The molecule has 0 bridgehead atoms. The summed E-state index contributed by atoms with van der Waals surface area (Å²) in [7, 11) is 1.48. The van der Waals surface area contributed by atoms with Crippen molar-refractivity contribution in [2.24, 2.45) is 0 Å². The number of likely N-dealkylation sites (tertiary alicyclic amines) is 1. The van der Waals surface area contributed by atoms with Gasteiger partial charge in [-0.25, -0.2) is 0 Å². The maximum Gasteiger partial charge on any atom is 0.295 e. The number of carbonyl (C=O) groups is 2. The zero-order valence-corrected chi connectivity index (χ0v) is 19.1. The van der Waals surface area contributed by atoms with Gasteiger partial charge < -0.3 is 24.7 Å². The number of ketones is 1. The predicted molar refractivity (Wildman–Crippen MR) is 123 cm³/mol. The molecule has 0 radical (unpaired) electrons. The molecule has 0 saturated carbocycles. The first-order valence-electron chi connectivity index (χ1n) is 10.5. The average molecular weight is 459 g/mol. The third-order valence-corrected chi connectivity index (χ3v) is 6.00. The predicted octanol–water partition coefficient (Wildman–Crippen LogP) is 3.82. The quantitative estimate of drug-likeness (QED) is 0.355. The summed E-state index contributed by atoms with van der Waals surface area (Å²) in [5.74, 6) is -1.36. The Kier molecular flexibility index (Phi) is 7.43. The minimum Gasteiger partial charge on any atom is -0.508 e. The number of Topliss-reactive ketones (excluding diaryl/α,β-unsaturated/α-hetero) is 1. The van der Waals surface area contributed by atoms with Gasteiger partial charge in [0, 0.05) is 18.7 Å². The number of phenols is 1. The van der Waals surface area contributed by atoms with E-state index in [1.165, 1.54) is 30.2 Å². The fourth-order valence-corrected chi connectivity index (χ4v) is 4.17. The van der Waals surface area contributed by atoms with E-state index in [2.05, 4.69) is 4.90 Å². The SMILES string of the molecule is CCN(CC)CCN1C(=O)C(=O)/C(=C(\O)c2ccc(OC)c(Cl)c2)C1c1cccc(O)c1. The zero-order valence-electron chi connectivity index (χ0n) is 18.3. The van der Waals surface area contributed by atoms with Crippen LogP contribution in [-0.2, 0) is 9.59 Å². The largest absolute Gasteiger partial charge is 0.508 e. The second-order valence-electron chi connectivity index (χ2n) is 7.46. The molecule has 8 heteroatoms. The minimum absolute atomic E-state index is 0.00400. The second kappa shape index (κ2) is 10.1. The van der Waals surface area contributed by atoms with Crippen molar-refractivity contribution in [1.29, 1.82) is 0 Å². The number of aliphatic hydroxyl groups is 1. The fraction of sp³-hybridized carbons (Fsp3) is 0.333. The number of methoxy groups -OCH3 is 1. The molecule has 170 valence electrons. The van der Waals surface area contributed by atoms with Crippen LogP contribution in [0.2, 0.25) is 5.02 Å². The normalized spacial score (nSPS) is 17.9. The number of rotatable bonds is 8. The summed E-state index contributed by atoms with van der Waals surface area (Å²) in [6, 6.07) is 10.2. The molecule has 2 N–H and O–H groups in total. The number of aliphatic hydroxyl groups excluding tert-OH is 1. The van der Waals surface area contributed by atoms with E-state index in [0.29, 0.717) is 30.0 Å². The van der Waals surface area contributed by atoms with Gasteiger partial charge in [0.25, 0.3) is 11.7 Å². The molecule has 1 saturated heterocycles. The summed E-state index contributed by atoms with van der Waals surface area (Å²) in [6.45, 7) is 6.54. The number of benzene rings is 2. The van der Waals surface area contributed by atoms with Crippen molar-refractivity contribution in [3.05, 3.63) is 64.2 Å². The molecular formula is C24H27ClN2O5. The van der Waals surface area contributed by atoms with Gasteiger partial charge >= 0.3 is 0 Å². The minimum atomic E-state index is -0.835. The van der Waals surface area contributed by atoms with E-state index in [0.717, 1.165) is 13.1 Å². The van der Waals surface area contributed by atoms with Crippen molar-refractivity contribution in [3.8, 4) is 11.5 Å². The summed E-state index contributed by atoms with van der Waals surface area (Å²) in [5.41, 5.74) is 0.786. The van der Waals surface area contributed by atoms with Gasteiger partial charge in [0.15, 0.2) is 0 Å². The summed E-state index contributed by atoms with van der Waals surface area (Å²) < 4.78 is 5.15. The summed E-state index contributed by atoms with van der Waals surface area (Å²) in [5, 5.41) is 21.4. The summed E-state index contributed by atoms with van der Waals surface area (Å²) in [4.78, 5) is 29.6. The van der Waals surface area contributed by atoms with Crippen LogP contribution in [-0.4, -0.2) is 65.0 Å². The van der Waals surface area contributed by atoms with Crippen LogP contribution in [0, 0.1) is 0 Å². The Bertz CT molecular complexity index is 1050. The molecule has 2 aromatic carbocycles. The van der Waals surface area contributed by atoms with E-state index in [1.807, 2.05) is 13.8 Å². The molecule has 3 rings (SSSR count). The summed E-state index contributed by atoms with van der Waals surface area (Å²) in [6.07, 6.45) is 0. The van der Waals surface area contributed by atoms with Crippen molar-refractivity contribution in [2.75, 3.05) is 33.3 Å². The number of halogens is 1. The molecule has 1 unspecified atom stereocenters. The standard InChI is InChI=1S/C24H27ClN2O5/c1-4-26(5-2)11-12-27-21(15-7-6-8-17(28)13-15)20(23(30)24(27)31)22(29)16-9-10-19(32-3)18(25)14-16/h6-10,13-14,21,28-29H,4-5,11-12H2,1-3H3/b22-20-. The van der Waals surface area contributed by atoms with Gasteiger partial charge in [-0.3, -0.25) is 9.59 Å². The highest BCUT2D eigenvalue weighted by Crippen LogP contribution is 2.40. The molecule has 1 amide bonds. The van der Waals surface area contributed by atoms with Crippen LogP contribution in [0.15, 0.2) is 48.0 Å². The number of amides is 1. The Morgan fingerprint density at radius 3 is 2.47 bits per heavy atom. The van der Waals surface area contributed by atoms with E-state index >= 15 is 0 Å².